The quantitative estimate of drug-likeness (QED) is 0.692. The molecule has 2 aliphatic heterocycles. The predicted octanol–water partition coefficient (Wildman–Crippen LogP) is 0.153. The van der Waals surface area contributed by atoms with Crippen LogP contribution in [0.5, 0.6) is 0 Å². The molecule has 0 aromatic heterocycles. The molecular weight excluding hydrogens is 184 g/mol. The molecule has 3 nitrogen and oxygen atoms in total. The second-order valence-electron chi connectivity index (χ2n) is 3.83. The van der Waals surface area contributed by atoms with Crippen molar-refractivity contribution >= 4 is 11.8 Å². The van der Waals surface area contributed by atoms with E-state index >= 15 is 0 Å². The third-order valence-electron chi connectivity index (χ3n) is 3.14. The van der Waals surface area contributed by atoms with Gasteiger partial charge in [0.25, 0.3) is 0 Å². The molecule has 2 N–H and O–H groups in total. The van der Waals surface area contributed by atoms with Crippen molar-refractivity contribution in [2.24, 2.45) is 5.73 Å². The highest BCUT2D eigenvalue weighted by Crippen LogP contribution is 2.32. The zero-order chi connectivity index (χ0) is 9.15. The summed E-state index contributed by atoms with van der Waals surface area (Å²) in [5.74, 6) is 2.48. The molecule has 0 aromatic rings. The van der Waals surface area contributed by atoms with Crippen molar-refractivity contribution in [1.29, 1.82) is 0 Å². The van der Waals surface area contributed by atoms with Gasteiger partial charge in [-0.2, -0.15) is 11.8 Å². The third-order valence-corrected chi connectivity index (χ3v) is 4.38. The van der Waals surface area contributed by atoms with E-state index < -0.39 is 0 Å². The van der Waals surface area contributed by atoms with Crippen molar-refractivity contribution in [3.63, 3.8) is 0 Å². The highest BCUT2D eigenvalue weighted by molar-refractivity contribution is 7.99. The van der Waals surface area contributed by atoms with E-state index in [1.54, 1.807) is 0 Å². The molecule has 0 saturated carbocycles. The van der Waals surface area contributed by atoms with Crippen molar-refractivity contribution in [3.8, 4) is 0 Å². The maximum atomic E-state index is 5.90. The Kier molecular flexibility index (Phi) is 3.14. The van der Waals surface area contributed by atoms with Gasteiger partial charge in [-0.15, -0.1) is 0 Å². The van der Waals surface area contributed by atoms with E-state index in [1.807, 2.05) is 11.8 Å². The van der Waals surface area contributed by atoms with Gasteiger partial charge in [0.1, 0.15) is 0 Å². The fourth-order valence-corrected chi connectivity index (χ4v) is 3.67. The lowest BCUT2D eigenvalue weighted by molar-refractivity contribution is -0.0105. The number of ether oxygens (including phenoxy) is 1. The number of morpholine rings is 1. The molecule has 76 valence electrons. The summed E-state index contributed by atoms with van der Waals surface area (Å²) in [6.45, 7) is 4.70. The number of nitrogens with zero attached hydrogens (tertiary/aromatic N) is 1. The standard InChI is InChI=1S/C9H18N2OS/c10-7-9(1-6-13-8-9)11-2-4-12-5-3-11/h1-8,10H2/t9-/m0/s1. The summed E-state index contributed by atoms with van der Waals surface area (Å²) in [6.07, 6.45) is 1.26. The van der Waals surface area contributed by atoms with Crippen molar-refractivity contribution in [2.75, 3.05) is 44.4 Å². The number of hydrogen-bond acceptors (Lipinski definition) is 4. The normalized spacial score (nSPS) is 36.7. The molecule has 0 aliphatic carbocycles. The van der Waals surface area contributed by atoms with Crippen LogP contribution in [0.15, 0.2) is 0 Å². The number of rotatable bonds is 2. The Morgan fingerprint density at radius 3 is 2.69 bits per heavy atom. The first-order valence-electron chi connectivity index (χ1n) is 4.98. The van der Waals surface area contributed by atoms with E-state index in [-0.39, 0.29) is 0 Å². The highest BCUT2D eigenvalue weighted by Gasteiger charge is 2.39. The summed E-state index contributed by atoms with van der Waals surface area (Å²) < 4.78 is 5.36. The maximum absolute atomic E-state index is 5.90. The van der Waals surface area contributed by atoms with Gasteiger partial charge in [-0.1, -0.05) is 0 Å². The van der Waals surface area contributed by atoms with Gasteiger partial charge in [-0.05, 0) is 12.2 Å². The summed E-state index contributed by atoms with van der Waals surface area (Å²) in [4.78, 5) is 2.54. The fraction of sp³-hybridized carbons (Fsp3) is 1.00. The Bertz CT molecular complexity index is 165. The molecule has 2 saturated heterocycles. The van der Waals surface area contributed by atoms with Crippen LogP contribution in [0.25, 0.3) is 0 Å². The Hall–Kier alpha value is 0.230. The minimum Gasteiger partial charge on any atom is -0.379 e. The molecule has 2 heterocycles. The van der Waals surface area contributed by atoms with E-state index in [4.69, 9.17) is 10.5 Å². The van der Waals surface area contributed by atoms with Gasteiger partial charge < -0.3 is 10.5 Å². The van der Waals surface area contributed by atoms with Crippen LogP contribution in [0.3, 0.4) is 0 Å². The lowest BCUT2D eigenvalue weighted by Gasteiger charge is -2.42. The van der Waals surface area contributed by atoms with Crippen LogP contribution < -0.4 is 5.73 Å². The molecule has 0 bridgehead atoms. The number of thioether (sulfide) groups is 1. The minimum atomic E-state index is 0.300. The van der Waals surface area contributed by atoms with Gasteiger partial charge in [0.15, 0.2) is 0 Å². The van der Waals surface area contributed by atoms with Crippen LogP contribution >= 0.6 is 11.8 Å². The predicted molar refractivity (Wildman–Crippen MR) is 56.1 cm³/mol. The maximum Gasteiger partial charge on any atom is 0.0594 e. The van der Waals surface area contributed by atoms with Gasteiger partial charge in [-0.3, -0.25) is 4.90 Å². The molecule has 2 rings (SSSR count). The molecule has 0 radical (unpaired) electrons. The van der Waals surface area contributed by atoms with Gasteiger partial charge >= 0.3 is 0 Å². The Morgan fingerprint density at radius 2 is 2.15 bits per heavy atom. The Morgan fingerprint density at radius 1 is 1.38 bits per heavy atom. The first-order chi connectivity index (χ1) is 6.37. The third kappa shape index (κ3) is 1.86. The lowest BCUT2D eigenvalue weighted by Crippen LogP contribution is -2.57. The van der Waals surface area contributed by atoms with Crippen LogP contribution in [0.2, 0.25) is 0 Å². The second kappa shape index (κ2) is 4.17. The molecule has 0 amide bonds. The molecule has 2 aliphatic rings. The minimum absolute atomic E-state index is 0.300. The Labute approximate surface area is 84.0 Å². The molecular formula is C9H18N2OS. The van der Waals surface area contributed by atoms with Crippen molar-refractivity contribution in [2.45, 2.75) is 12.0 Å². The molecule has 2 fully saturated rings. The zero-order valence-electron chi connectivity index (χ0n) is 8.00. The first kappa shape index (κ1) is 9.77. The SMILES string of the molecule is NC[C@@]1(N2CCOCC2)CCSC1. The largest absolute Gasteiger partial charge is 0.379 e. The average molecular weight is 202 g/mol. The van der Waals surface area contributed by atoms with Gasteiger partial charge in [0, 0.05) is 30.9 Å². The molecule has 13 heavy (non-hydrogen) atoms. The second-order valence-corrected chi connectivity index (χ2v) is 4.94. The number of hydrogen-bond donors (Lipinski definition) is 1. The summed E-state index contributed by atoms with van der Waals surface area (Å²) in [6, 6.07) is 0. The molecule has 0 unspecified atom stereocenters. The molecule has 4 heteroatoms. The monoisotopic (exact) mass is 202 g/mol. The smallest absolute Gasteiger partial charge is 0.0594 e. The van der Waals surface area contributed by atoms with Crippen molar-refractivity contribution < 1.29 is 4.74 Å². The average Bonchev–Trinajstić information content (AvgIpc) is 2.69. The number of nitrogens with two attached hydrogens (primary N) is 1. The summed E-state index contributed by atoms with van der Waals surface area (Å²) in [5.41, 5.74) is 6.20. The van der Waals surface area contributed by atoms with Crippen LogP contribution in [-0.4, -0.2) is 54.8 Å². The van der Waals surface area contributed by atoms with E-state index in [1.165, 1.54) is 17.9 Å². The molecule has 1 atom stereocenters. The van der Waals surface area contributed by atoms with E-state index in [2.05, 4.69) is 4.90 Å². The van der Waals surface area contributed by atoms with E-state index in [0.29, 0.717) is 5.54 Å². The van der Waals surface area contributed by atoms with E-state index in [9.17, 15) is 0 Å². The van der Waals surface area contributed by atoms with Crippen LogP contribution in [0, 0.1) is 0 Å². The Balaban J connectivity index is 2.01. The topological polar surface area (TPSA) is 38.5 Å². The van der Waals surface area contributed by atoms with Gasteiger partial charge in [0.05, 0.1) is 13.2 Å². The molecule has 0 spiro atoms. The first-order valence-corrected chi connectivity index (χ1v) is 6.13. The highest BCUT2D eigenvalue weighted by atomic mass is 32.2. The summed E-state index contributed by atoms with van der Waals surface area (Å²) in [5, 5.41) is 0. The zero-order valence-corrected chi connectivity index (χ0v) is 8.81. The van der Waals surface area contributed by atoms with Crippen LogP contribution in [0.4, 0.5) is 0 Å². The molecule has 0 aromatic carbocycles. The van der Waals surface area contributed by atoms with E-state index in [0.717, 1.165) is 32.8 Å². The van der Waals surface area contributed by atoms with Crippen molar-refractivity contribution in [1.82, 2.24) is 4.90 Å². The lowest BCUT2D eigenvalue weighted by atomic mass is 9.96. The fourth-order valence-electron chi connectivity index (χ4n) is 2.17. The van der Waals surface area contributed by atoms with Crippen LogP contribution in [0.1, 0.15) is 6.42 Å². The van der Waals surface area contributed by atoms with Gasteiger partial charge in [0.2, 0.25) is 0 Å². The van der Waals surface area contributed by atoms with Crippen LogP contribution in [-0.2, 0) is 4.74 Å². The summed E-state index contributed by atoms with van der Waals surface area (Å²) >= 11 is 2.04. The van der Waals surface area contributed by atoms with Crippen molar-refractivity contribution in [3.05, 3.63) is 0 Å². The van der Waals surface area contributed by atoms with Gasteiger partial charge in [-0.25, -0.2) is 0 Å². The summed E-state index contributed by atoms with van der Waals surface area (Å²) in [7, 11) is 0.